The van der Waals surface area contributed by atoms with Crippen LogP contribution in [-0.2, 0) is 12.8 Å². The van der Waals surface area contributed by atoms with E-state index in [1.165, 1.54) is 17.7 Å². The normalized spacial score (nSPS) is 17.2. The van der Waals surface area contributed by atoms with Crippen LogP contribution in [0.15, 0.2) is 24.3 Å². The number of nitrogens with zero attached hydrogens (tertiary/aromatic N) is 1. The maximum absolute atomic E-state index is 12.7. The monoisotopic (exact) mass is 392 g/mol. The lowest BCUT2D eigenvalue weighted by Crippen LogP contribution is -2.41. The molecule has 1 unspecified atom stereocenters. The van der Waals surface area contributed by atoms with Crippen LogP contribution in [0.5, 0.6) is 0 Å². The van der Waals surface area contributed by atoms with Gasteiger partial charge in [-0.1, -0.05) is 34.6 Å². The van der Waals surface area contributed by atoms with Crippen LogP contribution < -0.4 is 5.32 Å². The zero-order chi connectivity index (χ0) is 21.0. The molecular weight excluding hydrogens is 360 g/mol. The molecule has 4 rings (SSSR count). The van der Waals surface area contributed by atoms with Crippen LogP contribution in [0.3, 0.4) is 0 Å². The second-order valence-corrected chi connectivity index (χ2v) is 10.4. The highest BCUT2D eigenvalue weighted by atomic mass is 16.1. The van der Waals surface area contributed by atoms with Gasteiger partial charge in [0.1, 0.15) is 5.69 Å². The number of hydrogen-bond acceptors (Lipinski definition) is 2. The SMILES string of the molecule is CC(NC(=O)c1ccc2[nH]c(-c3n[nH]c4c3CCC(C)(C)C4)cc2c1)C(C)(C)C. The summed E-state index contributed by atoms with van der Waals surface area (Å²) in [4.78, 5) is 16.2. The van der Waals surface area contributed by atoms with Gasteiger partial charge in [-0.3, -0.25) is 9.89 Å². The van der Waals surface area contributed by atoms with Crippen molar-refractivity contribution in [2.45, 2.75) is 66.8 Å². The zero-order valence-electron chi connectivity index (χ0n) is 18.4. The van der Waals surface area contributed by atoms with E-state index in [4.69, 9.17) is 0 Å². The molecule has 2 aromatic heterocycles. The van der Waals surface area contributed by atoms with Gasteiger partial charge in [-0.2, -0.15) is 5.10 Å². The third kappa shape index (κ3) is 3.83. The summed E-state index contributed by atoms with van der Waals surface area (Å²) < 4.78 is 0. The second-order valence-electron chi connectivity index (χ2n) is 10.4. The van der Waals surface area contributed by atoms with E-state index in [-0.39, 0.29) is 17.4 Å². The Hall–Kier alpha value is -2.56. The summed E-state index contributed by atoms with van der Waals surface area (Å²) >= 11 is 0. The predicted octanol–water partition coefficient (Wildman–Crippen LogP) is 5.24. The molecular formula is C24H32N4O. The van der Waals surface area contributed by atoms with Crippen molar-refractivity contribution in [2.75, 3.05) is 0 Å². The van der Waals surface area contributed by atoms with Crippen molar-refractivity contribution in [2.24, 2.45) is 10.8 Å². The second kappa shape index (κ2) is 6.75. The van der Waals surface area contributed by atoms with E-state index in [1.807, 2.05) is 25.1 Å². The van der Waals surface area contributed by atoms with E-state index in [0.29, 0.717) is 11.0 Å². The highest BCUT2D eigenvalue weighted by Gasteiger charge is 2.29. The van der Waals surface area contributed by atoms with Gasteiger partial charge in [0, 0.05) is 33.8 Å². The first kappa shape index (κ1) is 19.7. The minimum absolute atomic E-state index is 0.0224. The maximum atomic E-state index is 12.7. The molecule has 1 amide bonds. The van der Waals surface area contributed by atoms with Crippen molar-refractivity contribution in [1.82, 2.24) is 20.5 Å². The molecule has 0 spiro atoms. The molecule has 29 heavy (non-hydrogen) atoms. The summed E-state index contributed by atoms with van der Waals surface area (Å²) in [6.45, 7) is 13.1. The lowest BCUT2D eigenvalue weighted by Gasteiger charge is -2.28. The van der Waals surface area contributed by atoms with Crippen molar-refractivity contribution in [3.05, 3.63) is 41.1 Å². The molecule has 1 atom stereocenters. The topological polar surface area (TPSA) is 73.6 Å². The average molecular weight is 393 g/mol. The third-order valence-corrected chi connectivity index (χ3v) is 6.44. The zero-order valence-corrected chi connectivity index (χ0v) is 18.4. The number of H-pyrrole nitrogens is 2. The number of rotatable bonds is 3. The number of amides is 1. The predicted molar refractivity (Wildman–Crippen MR) is 118 cm³/mol. The summed E-state index contributed by atoms with van der Waals surface area (Å²) in [6.07, 6.45) is 3.25. The smallest absolute Gasteiger partial charge is 0.251 e. The molecule has 3 N–H and O–H groups in total. The van der Waals surface area contributed by atoms with Gasteiger partial charge < -0.3 is 10.3 Å². The number of carbonyl (C=O) groups is 1. The van der Waals surface area contributed by atoms with Crippen LogP contribution in [0.4, 0.5) is 0 Å². The van der Waals surface area contributed by atoms with Gasteiger partial charge in [0.15, 0.2) is 0 Å². The first-order valence-electron chi connectivity index (χ1n) is 10.5. The summed E-state index contributed by atoms with van der Waals surface area (Å²) in [7, 11) is 0. The minimum atomic E-state index is -0.0311. The Morgan fingerprint density at radius 3 is 2.72 bits per heavy atom. The Labute approximate surface area is 172 Å². The van der Waals surface area contributed by atoms with Crippen molar-refractivity contribution in [1.29, 1.82) is 0 Å². The third-order valence-electron chi connectivity index (χ3n) is 6.44. The molecule has 1 aliphatic rings. The van der Waals surface area contributed by atoms with E-state index in [1.54, 1.807) is 0 Å². The quantitative estimate of drug-likeness (QED) is 0.570. The number of hydrogen-bond donors (Lipinski definition) is 3. The number of carbonyl (C=O) groups excluding carboxylic acids is 1. The van der Waals surface area contributed by atoms with E-state index < -0.39 is 0 Å². The molecule has 0 aliphatic heterocycles. The molecule has 0 radical (unpaired) electrons. The Kier molecular flexibility index (Phi) is 4.60. The van der Waals surface area contributed by atoms with Crippen molar-refractivity contribution >= 4 is 16.8 Å². The summed E-state index contributed by atoms with van der Waals surface area (Å²) in [5.74, 6) is -0.0311. The number of aromatic nitrogens is 3. The number of aromatic amines is 2. The standard InChI is InChI=1S/C24H32N4O/c1-14(23(2,3)4)25-22(29)15-7-8-18-16(11-15)12-19(26-18)21-17-9-10-24(5,6)13-20(17)27-28-21/h7-8,11-12,14,26H,9-10,13H2,1-6H3,(H,25,29)(H,27,28). The first-order valence-corrected chi connectivity index (χ1v) is 10.5. The molecule has 0 fully saturated rings. The van der Waals surface area contributed by atoms with E-state index >= 15 is 0 Å². The van der Waals surface area contributed by atoms with Gasteiger partial charge in [0.05, 0.1) is 5.69 Å². The van der Waals surface area contributed by atoms with Gasteiger partial charge in [-0.15, -0.1) is 0 Å². The highest BCUT2D eigenvalue weighted by molar-refractivity contribution is 5.99. The fourth-order valence-electron chi connectivity index (χ4n) is 3.97. The van der Waals surface area contributed by atoms with Crippen LogP contribution in [0.25, 0.3) is 22.3 Å². The molecule has 1 aliphatic carbocycles. The minimum Gasteiger partial charge on any atom is -0.353 e. The molecule has 0 saturated carbocycles. The lowest BCUT2D eigenvalue weighted by molar-refractivity contribution is 0.0910. The summed E-state index contributed by atoms with van der Waals surface area (Å²) in [5.41, 5.74) is 6.66. The highest BCUT2D eigenvalue weighted by Crippen LogP contribution is 2.38. The van der Waals surface area contributed by atoms with Crippen LogP contribution in [0.1, 0.15) is 69.6 Å². The maximum Gasteiger partial charge on any atom is 0.251 e. The number of nitrogens with one attached hydrogen (secondary N) is 3. The van der Waals surface area contributed by atoms with Crippen LogP contribution in [0.2, 0.25) is 0 Å². The van der Waals surface area contributed by atoms with Gasteiger partial charge >= 0.3 is 0 Å². The number of benzene rings is 1. The van der Waals surface area contributed by atoms with Crippen molar-refractivity contribution < 1.29 is 4.79 Å². The number of fused-ring (bicyclic) bond motifs is 2. The molecule has 0 saturated heterocycles. The van der Waals surface area contributed by atoms with Crippen LogP contribution in [0, 0.1) is 10.8 Å². The molecule has 5 nitrogen and oxygen atoms in total. The van der Waals surface area contributed by atoms with E-state index in [9.17, 15) is 4.79 Å². The van der Waals surface area contributed by atoms with Gasteiger partial charge in [0.25, 0.3) is 5.91 Å². The van der Waals surface area contributed by atoms with Gasteiger partial charge in [-0.25, -0.2) is 0 Å². The van der Waals surface area contributed by atoms with Crippen molar-refractivity contribution in [3.63, 3.8) is 0 Å². The summed E-state index contributed by atoms with van der Waals surface area (Å²) in [5, 5.41) is 12.0. The van der Waals surface area contributed by atoms with Crippen molar-refractivity contribution in [3.8, 4) is 11.4 Å². The van der Waals surface area contributed by atoms with Crippen LogP contribution >= 0.6 is 0 Å². The molecule has 154 valence electrons. The van der Waals surface area contributed by atoms with Gasteiger partial charge in [-0.05, 0) is 61.3 Å². The Bertz CT molecular complexity index is 1060. The Morgan fingerprint density at radius 2 is 2.00 bits per heavy atom. The van der Waals surface area contributed by atoms with E-state index in [0.717, 1.165) is 35.1 Å². The molecule has 0 bridgehead atoms. The fraction of sp³-hybridized carbons (Fsp3) is 0.500. The van der Waals surface area contributed by atoms with Crippen LogP contribution in [-0.4, -0.2) is 27.1 Å². The van der Waals surface area contributed by atoms with Gasteiger partial charge in [0.2, 0.25) is 0 Å². The Balaban J connectivity index is 1.62. The molecule has 2 heterocycles. The summed E-state index contributed by atoms with van der Waals surface area (Å²) in [6, 6.07) is 8.03. The Morgan fingerprint density at radius 1 is 1.24 bits per heavy atom. The fourth-order valence-corrected chi connectivity index (χ4v) is 3.97. The molecule has 1 aromatic carbocycles. The average Bonchev–Trinajstić information content (AvgIpc) is 3.21. The lowest BCUT2D eigenvalue weighted by atomic mass is 9.76. The van der Waals surface area contributed by atoms with E-state index in [2.05, 4.69) is 61.2 Å². The first-order chi connectivity index (χ1) is 13.5. The molecule has 5 heteroatoms. The largest absolute Gasteiger partial charge is 0.353 e. The molecule has 3 aromatic rings.